The summed E-state index contributed by atoms with van der Waals surface area (Å²) in [5, 5.41) is 0. The monoisotopic (exact) mass is 342 g/mol. The highest BCUT2D eigenvalue weighted by Gasteiger charge is 2.33. The number of hydrogen-bond acceptors (Lipinski definition) is 2. The maximum atomic E-state index is 12.8. The molecule has 0 aliphatic carbocycles. The van der Waals surface area contributed by atoms with E-state index in [2.05, 4.69) is 0 Å². The van der Waals surface area contributed by atoms with Gasteiger partial charge in [-0.3, -0.25) is 9.59 Å². The minimum absolute atomic E-state index is 0.0116. The molecule has 1 fully saturated rings. The third kappa shape index (κ3) is 3.88. The van der Waals surface area contributed by atoms with E-state index in [1.54, 1.807) is 18.9 Å². The lowest BCUT2D eigenvalue weighted by Gasteiger charge is -2.22. The SMILES string of the molecule is CCN1CC(CN(C)C(=O)c2cc(C(F)(F)F)ccc2C)CC1=O. The highest BCUT2D eigenvalue weighted by Crippen LogP contribution is 2.31. The van der Waals surface area contributed by atoms with Crippen LogP contribution in [0.3, 0.4) is 0 Å². The lowest BCUT2D eigenvalue weighted by Crippen LogP contribution is -2.33. The molecule has 24 heavy (non-hydrogen) atoms. The zero-order chi connectivity index (χ0) is 18.1. The predicted molar refractivity (Wildman–Crippen MR) is 83.5 cm³/mol. The van der Waals surface area contributed by atoms with Crippen LogP contribution < -0.4 is 0 Å². The number of hydrogen-bond donors (Lipinski definition) is 0. The highest BCUT2D eigenvalue weighted by molar-refractivity contribution is 5.95. The predicted octanol–water partition coefficient (Wildman–Crippen LogP) is 2.95. The summed E-state index contributed by atoms with van der Waals surface area (Å²) in [4.78, 5) is 27.4. The van der Waals surface area contributed by atoms with Gasteiger partial charge in [0.05, 0.1) is 5.56 Å². The van der Waals surface area contributed by atoms with Crippen LogP contribution in [0, 0.1) is 12.8 Å². The van der Waals surface area contributed by atoms with Gasteiger partial charge in [0.2, 0.25) is 5.91 Å². The minimum atomic E-state index is -4.49. The summed E-state index contributed by atoms with van der Waals surface area (Å²) in [5.74, 6) is -0.392. The van der Waals surface area contributed by atoms with Crippen molar-refractivity contribution in [2.24, 2.45) is 5.92 Å². The molecule has 1 aliphatic heterocycles. The van der Waals surface area contributed by atoms with Crippen LogP contribution in [0.25, 0.3) is 0 Å². The number of nitrogens with zero attached hydrogens (tertiary/aromatic N) is 2. The van der Waals surface area contributed by atoms with Gasteiger partial charge in [-0.25, -0.2) is 0 Å². The van der Waals surface area contributed by atoms with Gasteiger partial charge in [0.25, 0.3) is 5.91 Å². The first-order valence-corrected chi connectivity index (χ1v) is 7.84. The van der Waals surface area contributed by atoms with Crippen LogP contribution in [-0.2, 0) is 11.0 Å². The van der Waals surface area contributed by atoms with Crippen LogP contribution >= 0.6 is 0 Å². The van der Waals surface area contributed by atoms with Crippen LogP contribution in [0.4, 0.5) is 13.2 Å². The standard InChI is InChI=1S/C17H21F3N2O2/c1-4-22-10-12(7-15(22)23)9-21(3)16(24)14-8-13(17(18,19)20)6-5-11(14)2/h5-6,8,12H,4,7,9-10H2,1-3H3. The van der Waals surface area contributed by atoms with Crippen molar-refractivity contribution in [2.75, 3.05) is 26.7 Å². The van der Waals surface area contributed by atoms with Crippen molar-refractivity contribution < 1.29 is 22.8 Å². The molecule has 0 aromatic heterocycles. The molecule has 1 aromatic rings. The van der Waals surface area contributed by atoms with Gasteiger partial charge in [0.1, 0.15) is 0 Å². The Morgan fingerprint density at radius 3 is 2.58 bits per heavy atom. The summed E-state index contributed by atoms with van der Waals surface area (Å²) >= 11 is 0. The molecule has 0 saturated carbocycles. The number of benzene rings is 1. The van der Waals surface area contributed by atoms with Crippen LogP contribution in [0.1, 0.15) is 34.8 Å². The molecule has 0 spiro atoms. The van der Waals surface area contributed by atoms with E-state index in [1.807, 2.05) is 6.92 Å². The molecule has 2 rings (SSSR count). The van der Waals surface area contributed by atoms with Crippen molar-refractivity contribution in [3.05, 3.63) is 34.9 Å². The Kier molecular flexibility index (Phi) is 5.20. The molecule has 1 heterocycles. The zero-order valence-electron chi connectivity index (χ0n) is 14.0. The second-order valence-corrected chi connectivity index (χ2v) is 6.22. The van der Waals surface area contributed by atoms with Crippen molar-refractivity contribution in [1.82, 2.24) is 9.80 Å². The van der Waals surface area contributed by atoms with Crippen LogP contribution in [0.5, 0.6) is 0 Å². The lowest BCUT2D eigenvalue weighted by molar-refractivity contribution is -0.137. The summed E-state index contributed by atoms with van der Waals surface area (Å²) in [6.45, 7) is 5.05. The Hall–Kier alpha value is -2.05. The third-order valence-electron chi connectivity index (χ3n) is 4.35. The molecule has 0 radical (unpaired) electrons. The molecule has 1 aliphatic rings. The van der Waals surface area contributed by atoms with Gasteiger partial charge < -0.3 is 9.80 Å². The fourth-order valence-electron chi connectivity index (χ4n) is 2.99. The molecular weight excluding hydrogens is 321 g/mol. The van der Waals surface area contributed by atoms with E-state index >= 15 is 0 Å². The second-order valence-electron chi connectivity index (χ2n) is 6.22. The molecule has 1 saturated heterocycles. The quantitative estimate of drug-likeness (QED) is 0.844. The first-order chi connectivity index (χ1) is 11.1. The Balaban J connectivity index is 2.12. The van der Waals surface area contributed by atoms with E-state index in [9.17, 15) is 22.8 Å². The average molecular weight is 342 g/mol. The number of halogens is 3. The number of carbonyl (C=O) groups is 2. The largest absolute Gasteiger partial charge is 0.416 e. The normalized spacial score (nSPS) is 18.2. The number of carbonyl (C=O) groups excluding carboxylic acids is 2. The van der Waals surface area contributed by atoms with Crippen LogP contribution in [0.2, 0.25) is 0 Å². The number of alkyl halides is 3. The zero-order valence-corrected chi connectivity index (χ0v) is 14.0. The van der Waals surface area contributed by atoms with Gasteiger partial charge in [0.15, 0.2) is 0 Å². The molecule has 1 atom stereocenters. The van der Waals surface area contributed by atoms with E-state index in [0.29, 0.717) is 31.6 Å². The van der Waals surface area contributed by atoms with Crippen molar-refractivity contribution in [3.63, 3.8) is 0 Å². The van der Waals surface area contributed by atoms with E-state index in [4.69, 9.17) is 0 Å². The van der Waals surface area contributed by atoms with Gasteiger partial charge in [0, 0.05) is 44.6 Å². The van der Waals surface area contributed by atoms with E-state index < -0.39 is 17.6 Å². The minimum Gasteiger partial charge on any atom is -0.343 e. The number of amides is 2. The molecule has 2 amide bonds. The molecule has 0 bridgehead atoms. The molecule has 1 unspecified atom stereocenters. The first-order valence-electron chi connectivity index (χ1n) is 7.84. The smallest absolute Gasteiger partial charge is 0.343 e. The van der Waals surface area contributed by atoms with Crippen molar-refractivity contribution >= 4 is 11.8 Å². The molecular formula is C17H21F3N2O2. The Bertz CT molecular complexity index is 643. The van der Waals surface area contributed by atoms with Gasteiger partial charge in [-0.2, -0.15) is 13.2 Å². The Morgan fingerprint density at radius 1 is 1.38 bits per heavy atom. The third-order valence-corrected chi connectivity index (χ3v) is 4.35. The number of aryl methyl sites for hydroxylation is 1. The van der Waals surface area contributed by atoms with E-state index in [1.165, 1.54) is 11.0 Å². The van der Waals surface area contributed by atoms with Gasteiger partial charge in [-0.1, -0.05) is 6.07 Å². The summed E-state index contributed by atoms with van der Waals surface area (Å²) < 4.78 is 38.5. The second kappa shape index (κ2) is 6.83. The van der Waals surface area contributed by atoms with Gasteiger partial charge in [-0.05, 0) is 31.5 Å². The number of likely N-dealkylation sites (tertiary alicyclic amines) is 1. The van der Waals surface area contributed by atoms with E-state index in [-0.39, 0.29) is 17.4 Å². The topological polar surface area (TPSA) is 40.6 Å². The molecule has 132 valence electrons. The first kappa shape index (κ1) is 18.3. The van der Waals surface area contributed by atoms with Gasteiger partial charge in [-0.15, -0.1) is 0 Å². The molecule has 0 N–H and O–H groups in total. The summed E-state index contributed by atoms with van der Waals surface area (Å²) in [5.41, 5.74) is -0.292. The Morgan fingerprint density at radius 2 is 2.04 bits per heavy atom. The fraction of sp³-hybridized carbons (Fsp3) is 0.529. The highest BCUT2D eigenvalue weighted by atomic mass is 19.4. The maximum absolute atomic E-state index is 12.8. The van der Waals surface area contributed by atoms with Crippen molar-refractivity contribution in [2.45, 2.75) is 26.4 Å². The average Bonchev–Trinajstić information content (AvgIpc) is 2.85. The summed E-state index contributed by atoms with van der Waals surface area (Å²) in [6.07, 6.45) is -4.12. The summed E-state index contributed by atoms with van der Waals surface area (Å²) in [7, 11) is 1.56. The van der Waals surface area contributed by atoms with Crippen LogP contribution in [0.15, 0.2) is 18.2 Å². The van der Waals surface area contributed by atoms with Gasteiger partial charge >= 0.3 is 6.18 Å². The lowest BCUT2D eigenvalue weighted by atomic mass is 10.0. The maximum Gasteiger partial charge on any atom is 0.416 e. The molecule has 4 nitrogen and oxygen atoms in total. The fourth-order valence-corrected chi connectivity index (χ4v) is 2.99. The molecule has 7 heteroatoms. The Labute approximate surface area is 139 Å². The van der Waals surface area contributed by atoms with Crippen molar-refractivity contribution in [3.8, 4) is 0 Å². The molecule has 1 aromatic carbocycles. The van der Waals surface area contributed by atoms with Crippen molar-refractivity contribution in [1.29, 1.82) is 0 Å². The summed E-state index contributed by atoms with van der Waals surface area (Å²) in [6, 6.07) is 3.18. The number of rotatable bonds is 4. The van der Waals surface area contributed by atoms with Crippen LogP contribution in [-0.4, -0.2) is 48.3 Å². The van der Waals surface area contributed by atoms with E-state index in [0.717, 1.165) is 12.1 Å².